The van der Waals surface area contributed by atoms with Gasteiger partial charge in [0.05, 0.1) is 12.9 Å². The molecular formula is C17H29N5O4Si. The van der Waals surface area contributed by atoms with E-state index in [0.29, 0.717) is 17.0 Å². The van der Waals surface area contributed by atoms with Gasteiger partial charge in [0.25, 0.3) is 0 Å². The molecule has 1 saturated heterocycles. The van der Waals surface area contributed by atoms with Gasteiger partial charge in [0.1, 0.15) is 30.2 Å². The van der Waals surface area contributed by atoms with Crippen LogP contribution in [0.25, 0.3) is 11.2 Å². The van der Waals surface area contributed by atoms with Crippen molar-refractivity contribution in [1.29, 1.82) is 0 Å². The summed E-state index contributed by atoms with van der Waals surface area (Å²) < 4.78 is 20.2. The number of imidazole rings is 1. The molecule has 0 spiro atoms. The third-order valence-corrected chi connectivity index (χ3v) is 10.1. The molecule has 0 amide bonds. The summed E-state index contributed by atoms with van der Waals surface area (Å²) in [5, 5.41) is 9.93. The van der Waals surface area contributed by atoms with Gasteiger partial charge in [-0.3, -0.25) is 4.57 Å². The molecule has 1 aliphatic rings. The molecule has 0 aliphatic carbocycles. The number of nitrogen functional groups attached to an aromatic ring is 1. The van der Waals surface area contributed by atoms with Crippen molar-refractivity contribution in [1.82, 2.24) is 19.5 Å². The Morgan fingerprint density at radius 2 is 1.96 bits per heavy atom. The lowest BCUT2D eigenvalue weighted by atomic mass is 10.1. The van der Waals surface area contributed by atoms with Crippen LogP contribution >= 0.6 is 0 Å². The molecule has 0 radical (unpaired) electrons. The van der Waals surface area contributed by atoms with E-state index in [1.165, 1.54) is 6.33 Å². The van der Waals surface area contributed by atoms with Crippen LogP contribution in [0.3, 0.4) is 0 Å². The molecule has 150 valence electrons. The third-order valence-electron chi connectivity index (χ3n) is 5.64. The molecule has 2 aromatic rings. The van der Waals surface area contributed by atoms with Gasteiger partial charge < -0.3 is 24.7 Å². The van der Waals surface area contributed by atoms with Crippen LogP contribution in [0.1, 0.15) is 27.0 Å². The van der Waals surface area contributed by atoms with Crippen LogP contribution in [0.4, 0.5) is 5.82 Å². The Kier molecular flexibility index (Phi) is 5.30. The van der Waals surface area contributed by atoms with Crippen LogP contribution in [-0.2, 0) is 13.9 Å². The van der Waals surface area contributed by atoms with Crippen LogP contribution in [0, 0.1) is 0 Å². The first kappa shape index (κ1) is 20.1. The number of hydrogen-bond acceptors (Lipinski definition) is 8. The third kappa shape index (κ3) is 3.47. The van der Waals surface area contributed by atoms with Crippen molar-refractivity contribution in [3.63, 3.8) is 0 Å². The smallest absolute Gasteiger partial charge is 0.192 e. The summed E-state index contributed by atoms with van der Waals surface area (Å²) in [6.07, 6.45) is 1.12. The summed E-state index contributed by atoms with van der Waals surface area (Å²) >= 11 is 0. The van der Waals surface area contributed by atoms with Gasteiger partial charge in [-0.15, -0.1) is 0 Å². The van der Waals surface area contributed by atoms with E-state index in [9.17, 15) is 5.11 Å². The Labute approximate surface area is 160 Å². The predicted molar refractivity (Wildman–Crippen MR) is 104 cm³/mol. The highest BCUT2D eigenvalue weighted by Gasteiger charge is 2.51. The molecule has 1 fully saturated rings. The minimum absolute atomic E-state index is 0.0206. The van der Waals surface area contributed by atoms with Crippen molar-refractivity contribution < 1.29 is 19.0 Å². The van der Waals surface area contributed by atoms with Crippen LogP contribution in [0.5, 0.6) is 0 Å². The Hall–Kier alpha value is -1.59. The lowest BCUT2D eigenvalue weighted by Gasteiger charge is -2.40. The van der Waals surface area contributed by atoms with Gasteiger partial charge in [-0.25, -0.2) is 15.0 Å². The minimum Gasteiger partial charge on any atom is -0.408 e. The number of aliphatic hydroxyl groups excluding tert-OH is 1. The first-order chi connectivity index (χ1) is 12.6. The summed E-state index contributed by atoms with van der Waals surface area (Å²) in [7, 11) is -0.488. The highest BCUT2D eigenvalue weighted by atomic mass is 28.4. The molecule has 2 aromatic heterocycles. The number of aliphatic hydroxyl groups is 1. The normalized spacial score (nSPS) is 26.8. The second kappa shape index (κ2) is 7.10. The molecule has 9 nitrogen and oxygen atoms in total. The van der Waals surface area contributed by atoms with E-state index in [2.05, 4.69) is 48.8 Å². The number of anilines is 1. The maximum Gasteiger partial charge on any atom is 0.192 e. The zero-order valence-corrected chi connectivity index (χ0v) is 17.7. The highest BCUT2D eigenvalue weighted by molar-refractivity contribution is 6.74. The largest absolute Gasteiger partial charge is 0.408 e. The second-order valence-corrected chi connectivity index (χ2v) is 13.1. The van der Waals surface area contributed by atoms with E-state index in [1.807, 2.05) is 0 Å². The van der Waals surface area contributed by atoms with Crippen LogP contribution in [-0.4, -0.2) is 65.0 Å². The molecule has 27 heavy (non-hydrogen) atoms. The van der Waals surface area contributed by atoms with Crippen molar-refractivity contribution in [2.45, 2.75) is 63.4 Å². The molecule has 0 saturated carbocycles. The SMILES string of the molecule is CO[C@@H]1C(O[Si](C)(C)C(C)(C)C)[C@@H](CO)O[C@H]1n1cnc2c(N)ncnc21. The monoisotopic (exact) mass is 395 g/mol. The number of aromatic nitrogens is 4. The lowest BCUT2D eigenvalue weighted by Crippen LogP contribution is -2.50. The van der Waals surface area contributed by atoms with Crippen molar-refractivity contribution in [2.24, 2.45) is 0 Å². The Balaban J connectivity index is 1.97. The number of ether oxygens (including phenoxy) is 2. The van der Waals surface area contributed by atoms with E-state index in [1.54, 1.807) is 18.0 Å². The summed E-state index contributed by atoms with van der Waals surface area (Å²) in [4.78, 5) is 12.6. The second-order valence-electron chi connectivity index (χ2n) is 8.37. The zero-order chi connectivity index (χ0) is 20.0. The molecule has 3 rings (SSSR count). The van der Waals surface area contributed by atoms with Crippen LogP contribution in [0.2, 0.25) is 18.1 Å². The quantitative estimate of drug-likeness (QED) is 0.735. The molecule has 3 heterocycles. The maximum atomic E-state index is 9.91. The van der Waals surface area contributed by atoms with Crippen molar-refractivity contribution in [3.8, 4) is 0 Å². The maximum absolute atomic E-state index is 9.91. The fourth-order valence-electron chi connectivity index (χ4n) is 3.05. The van der Waals surface area contributed by atoms with Gasteiger partial charge in [-0.1, -0.05) is 20.8 Å². The first-order valence-electron chi connectivity index (χ1n) is 9.00. The van der Waals surface area contributed by atoms with Gasteiger partial charge >= 0.3 is 0 Å². The van der Waals surface area contributed by atoms with Crippen molar-refractivity contribution >= 4 is 25.3 Å². The molecule has 0 aromatic carbocycles. The van der Waals surface area contributed by atoms with Gasteiger partial charge in [-0.2, -0.15) is 0 Å². The summed E-state index contributed by atoms with van der Waals surface area (Å²) in [5.74, 6) is 0.304. The molecule has 10 heteroatoms. The standard InChI is InChI=1S/C17H29N5O4Si/c1-17(2,3)27(5,6)26-12-10(7-23)25-16(13(12)24-4)22-9-21-11-14(18)19-8-20-15(11)22/h8-10,12-13,16,23H,7H2,1-6H3,(H2,18,19,20)/t10-,12?,13-,16-/m1/s1. The number of fused-ring (bicyclic) bond motifs is 1. The zero-order valence-electron chi connectivity index (χ0n) is 16.7. The summed E-state index contributed by atoms with van der Waals surface area (Å²) in [5.41, 5.74) is 6.95. The average Bonchev–Trinajstić information content (AvgIpc) is 3.15. The molecule has 3 N–H and O–H groups in total. The topological polar surface area (TPSA) is 118 Å². The number of rotatable bonds is 5. The van der Waals surface area contributed by atoms with Gasteiger partial charge in [-0.05, 0) is 18.1 Å². The summed E-state index contributed by atoms with van der Waals surface area (Å²) in [6.45, 7) is 10.7. The fourth-order valence-corrected chi connectivity index (χ4v) is 4.37. The number of hydrogen-bond donors (Lipinski definition) is 2. The van der Waals surface area contributed by atoms with E-state index >= 15 is 0 Å². The van der Waals surface area contributed by atoms with E-state index in [-0.39, 0.29) is 11.6 Å². The van der Waals surface area contributed by atoms with Crippen LogP contribution < -0.4 is 5.73 Å². The molecule has 4 atom stereocenters. The Morgan fingerprint density at radius 3 is 2.56 bits per heavy atom. The highest BCUT2D eigenvalue weighted by Crippen LogP contribution is 2.42. The lowest BCUT2D eigenvalue weighted by molar-refractivity contribution is -0.0583. The van der Waals surface area contributed by atoms with Crippen molar-refractivity contribution in [2.75, 3.05) is 19.5 Å². The summed E-state index contributed by atoms with van der Waals surface area (Å²) in [6, 6.07) is 0. The van der Waals surface area contributed by atoms with E-state index in [0.717, 1.165) is 0 Å². The molecule has 1 unspecified atom stereocenters. The van der Waals surface area contributed by atoms with Gasteiger partial charge in [0.2, 0.25) is 0 Å². The molecular weight excluding hydrogens is 366 g/mol. The minimum atomic E-state index is -2.10. The predicted octanol–water partition coefficient (Wildman–Crippen LogP) is 1.70. The average molecular weight is 396 g/mol. The molecule has 0 bridgehead atoms. The van der Waals surface area contributed by atoms with Crippen molar-refractivity contribution in [3.05, 3.63) is 12.7 Å². The number of methoxy groups -OCH3 is 1. The number of nitrogens with zero attached hydrogens (tertiary/aromatic N) is 4. The Morgan fingerprint density at radius 1 is 1.26 bits per heavy atom. The molecule has 1 aliphatic heterocycles. The van der Waals surface area contributed by atoms with E-state index in [4.69, 9.17) is 19.6 Å². The van der Waals surface area contributed by atoms with Crippen LogP contribution in [0.15, 0.2) is 12.7 Å². The van der Waals surface area contributed by atoms with E-state index < -0.39 is 32.9 Å². The van der Waals surface area contributed by atoms with Gasteiger partial charge in [0, 0.05) is 7.11 Å². The first-order valence-corrected chi connectivity index (χ1v) is 11.9. The fraction of sp³-hybridized carbons (Fsp3) is 0.706. The number of nitrogens with two attached hydrogens (primary N) is 1. The van der Waals surface area contributed by atoms with Gasteiger partial charge in [0.15, 0.2) is 26.0 Å². The Bertz CT molecular complexity index is 806.